The fourth-order valence-electron chi connectivity index (χ4n) is 3.36. The van der Waals surface area contributed by atoms with Crippen LogP contribution in [0.5, 0.6) is 0 Å². The largest absolute Gasteiger partial charge is 0.460 e. The molecule has 0 aromatic heterocycles. The van der Waals surface area contributed by atoms with E-state index in [2.05, 4.69) is 25.1 Å². The zero-order valence-electron chi connectivity index (χ0n) is 26.0. The standard InChI is InChI=1S/C34H37NO12/c1-23(2)31(38)42-16-15-35-34(41)47-28(17-29(36)43-19-24(3)32(39)45-21-26-11-7-5-8-12-26)18-30(37)44-20-25(4)33(40)46-22-27-13-9-6-10-14-27/h5-14,28H,1,3-4,15-22H2,2H3,(H,35,41). The second kappa shape index (κ2) is 20.3. The summed E-state index contributed by atoms with van der Waals surface area (Å²) in [4.78, 5) is 73.3. The van der Waals surface area contributed by atoms with Gasteiger partial charge in [-0.1, -0.05) is 80.4 Å². The molecule has 0 unspecified atom stereocenters. The maximum atomic E-state index is 12.5. The van der Waals surface area contributed by atoms with Crippen molar-refractivity contribution in [2.24, 2.45) is 0 Å². The Bertz CT molecular complexity index is 1350. The van der Waals surface area contributed by atoms with Crippen molar-refractivity contribution in [3.05, 3.63) is 108 Å². The summed E-state index contributed by atoms with van der Waals surface area (Å²) in [6, 6.07) is 17.8. The lowest BCUT2D eigenvalue weighted by molar-refractivity contribution is -0.149. The van der Waals surface area contributed by atoms with Gasteiger partial charge in [0.1, 0.15) is 39.1 Å². The first-order chi connectivity index (χ1) is 22.4. The molecule has 0 heterocycles. The van der Waals surface area contributed by atoms with Crippen LogP contribution in [0.4, 0.5) is 4.79 Å². The molecule has 250 valence electrons. The van der Waals surface area contributed by atoms with E-state index in [-0.39, 0.29) is 43.1 Å². The summed E-state index contributed by atoms with van der Waals surface area (Å²) in [6.07, 6.45) is -3.64. The highest BCUT2D eigenvalue weighted by molar-refractivity contribution is 5.89. The Balaban J connectivity index is 1.87. The predicted molar refractivity (Wildman–Crippen MR) is 166 cm³/mol. The average Bonchev–Trinajstić information content (AvgIpc) is 3.06. The van der Waals surface area contributed by atoms with Crippen LogP contribution in [0.3, 0.4) is 0 Å². The highest BCUT2D eigenvalue weighted by atomic mass is 16.6. The lowest BCUT2D eigenvalue weighted by Crippen LogP contribution is -2.34. The first-order valence-corrected chi connectivity index (χ1v) is 14.3. The third-order valence-corrected chi connectivity index (χ3v) is 5.83. The second-order valence-electron chi connectivity index (χ2n) is 9.93. The SMILES string of the molecule is C=C(C)C(=O)OCCNC(=O)OC(CC(=O)OCC(=C)C(=O)OCc1ccccc1)CC(=O)OCC(=C)C(=O)OCc1ccccc1. The summed E-state index contributed by atoms with van der Waals surface area (Å²) in [6.45, 7) is 10.6. The summed E-state index contributed by atoms with van der Waals surface area (Å²) in [5, 5.41) is 2.32. The normalized spacial score (nSPS) is 10.2. The Labute approximate surface area is 272 Å². The van der Waals surface area contributed by atoms with Crippen molar-refractivity contribution < 1.29 is 57.2 Å². The number of carbonyl (C=O) groups is 6. The van der Waals surface area contributed by atoms with E-state index in [4.69, 9.17) is 28.4 Å². The van der Waals surface area contributed by atoms with Crippen molar-refractivity contribution in [3.63, 3.8) is 0 Å². The summed E-state index contributed by atoms with van der Waals surface area (Å²) in [5.41, 5.74) is 1.37. The molecule has 0 aliphatic rings. The number of nitrogens with one attached hydrogen (secondary N) is 1. The fraction of sp³-hybridized carbons (Fsp3) is 0.294. The lowest BCUT2D eigenvalue weighted by atomic mass is 10.2. The third-order valence-electron chi connectivity index (χ3n) is 5.83. The van der Waals surface area contributed by atoms with Crippen molar-refractivity contribution in [1.82, 2.24) is 5.32 Å². The first-order valence-electron chi connectivity index (χ1n) is 14.3. The van der Waals surface area contributed by atoms with E-state index in [0.717, 1.165) is 11.1 Å². The van der Waals surface area contributed by atoms with Crippen LogP contribution in [-0.4, -0.2) is 68.4 Å². The maximum absolute atomic E-state index is 12.5. The third kappa shape index (κ3) is 15.7. The number of amides is 1. The van der Waals surface area contributed by atoms with Gasteiger partial charge < -0.3 is 33.7 Å². The number of esters is 5. The van der Waals surface area contributed by atoms with Crippen LogP contribution in [-0.2, 0) is 65.6 Å². The van der Waals surface area contributed by atoms with Gasteiger partial charge in [-0.2, -0.15) is 0 Å². The van der Waals surface area contributed by atoms with Gasteiger partial charge in [0.25, 0.3) is 0 Å². The fourth-order valence-corrected chi connectivity index (χ4v) is 3.36. The Morgan fingerprint density at radius 2 is 1.09 bits per heavy atom. The summed E-state index contributed by atoms with van der Waals surface area (Å²) >= 11 is 0. The average molecular weight is 652 g/mol. The molecule has 2 aromatic rings. The monoisotopic (exact) mass is 651 g/mol. The van der Waals surface area contributed by atoms with Crippen LogP contribution in [0.1, 0.15) is 30.9 Å². The number of hydrogen-bond acceptors (Lipinski definition) is 12. The molecule has 0 atom stereocenters. The highest BCUT2D eigenvalue weighted by Gasteiger charge is 2.25. The molecule has 0 spiro atoms. The number of benzene rings is 2. The lowest BCUT2D eigenvalue weighted by Gasteiger charge is -2.17. The minimum atomic E-state index is -1.38. The van der Waals surface area contributed by atoms with Gasteiger partial charge in [-0.15, -0.1) is 0 Å². The Hall–Kier alpha value is -5.72. The molecule has 47 heavy (non-hydrogen) atoms. The highest BCUT2D eigenvalue weighted by Crippen LogP contribution is 2.11. The van der Waals surface area contributed by atoms with Crippen LogP contribution in [0, 0.1) is 0 Å². The van der Waals surface area contributed by atoms with E-state index in [1.807, 2.05) is 12.1 Å². The van der Waals surface area contributed by atoms with E-state index >= 15 is 0 Å². The van der Waals surface area contributed by atoms with E-state index in [0.29, 0.717) is 0 Å². The maximum Gasteiger partial charge on any atom is 0.407 e. The molecule has 13 nitrogen and oxygen atoms in total. The molecule has 1 amide bonds. The smallest absolute Gasteiger partial charge is 0.407 e. The van der Waals surface area contributed by atoms with Crippen LogP contribution in [0.2, 0.25) is 0 Å². The van der Waals surface area contributed by atoms with Crippen LogP contribution in [0.15, 0.2) is 97.1 Å². The van der Waals surface area contributed by atoms with Gasteiger partial charge >= 0.3 is 35.9 Å². The summed E-state index contributed by atoms with van der Waals surface area (Å²) in [5.74, 6) is -4.09. The zero-order chi connectivity index (χ0) is 34.6. The van der Waals surface area contributed by atoms with Gasteiger partial charge in [-0.3, -0.25) is 9.59 Å². The molecule has 1 N–H and O–H groups in total. The van der Waals surface area contributed by atoms with E-state index < -0.39 is 68.1 Å². The molecule has 0 aliphatic heterocycles. The molecule has 0 bridgehead atoms. The van der Waals surface area contributed by atoms with Gasteiger partial charge in [0.15, 0.2) is 0 Å². The minimum absolute atomic E-state index is 0.0106. The van der Waals surface area contributed by atoms with Gasteiger partial charge in [0.2, 0.25) is 0 Å². The molecule has 0 aliphatic carbocycles. The van der Waals surface area contributed by atoms with Gasteiger partial charge in [0.05, 0.1) is 30.5 Å². The second-order valence-corrected chi connectivity index (χ2v) is 9.93. The zero-order valence-corrected chi connectivity index (χ0v) is 26.0. The number of rotatable bonds is 19. The van der Waals surface area contributed by atoms with Crippen LogP contribution >= 0.6 is 0 Å². The molecular weight excluding hydrogens is 614 g/mol. The molecule has 2 rings (SSSR count). The molecule has 2 aromatic carbocycles. The Kier molecular flexibility index (Phi) is 16.2. The quantitative estimate of drug-likeness (QED) is 0.101. The molecular formula is C34H37NO12. The van der Waals surface area contributed by atoms with E-state index in [1.54, 1.807) is 48.5 Å². The van der Waals surface area contributed by atoms with Gasteiger partial charge in [0, 0.05) is 5.57 Å². The van der Waals surface area contributed by atoms with Crippen molar-refractivity contribution in [1.29, 1.82) is 0 Å². The Morgan fingerprint density at radius 1 is 0.638 bits per heavy atom. The summed E-state index contributed by atoms with van der Waals surface area (Å²) < 4.78 is 30.5. The number of hydrogen-bond donors (Lipinski definition) is 1. The molecule has 0 radical (unpaired) electrons. The van der Waals surface area contributed by atoms with Gasteiger partial charge in [-0.25, -0.2) is 19.2 Å². The number of alkyl carbamates (subject to hydrolysis) is 1. The van der Waals surface area contributed by atoms with E-state index in [1.165, 1.54) is 6.92 Å². The van der Waals surface area contributed by atoms with Crippen LogP contribution in [0.25, 0.3) is 0 Å². The topological polar surface area (TPSA) is 170 Å². The summed E-state index contributed by atoms with van der Waals surface area (Å²) in [7, 11) is 0. The Morgan fingerprint density at radius 3 is 1.51 bits per heavy atom. The predicted octanol–water partition coefficient (Wildman–Crippen LogP) is 3.67. The van der Waals surface area contributed by atoms with E-state index in [9.17, 15) is 28.8 Å². The van der Waals surface area contributed by atoms with Crippen molar-refractivity contribution in [2.45, 2.75) is 39.1 Å². The number of ether oxygens (including phenoxy) is 6. The first kappa shape index (κ1) is 37.5. The minimum Gasteiger partial charge on any atom is -0.460 e. The molecule has 0 saturated heterocycles. The van der Waals surface area contributed by atoms with Crippen molar-refractivity contribution in [2.75, 3.05) is 26.4 Å². The molecule has 0 fully saturated rings. The van der Waals surface area contributed by atoms with Gasteiger partial charge in [-0.05, 0) is 18.1 Å². The molecule has 0 saturated carbocycles. The van der Waals surface area contributed by atoms with Crippen molar-refractivity contribution >= 4 is 35.9 Å². The van der Waals surface area contributed by atoms with Crippen LogP contribution < -0.4 is 5.32 Å². The molecule has 13 heteroatoms. The van der Waals surface area contributed by atoms with Crippen molar-refractivity contribution in [3.8, 4) is 0 Å². The number of carbonyl (C=O) groups excluding carboxylic acids is 6.